The van der Waals surface area contributed by atoms with Gasteiger partial charge in [0.25, 0.3) is 10.0 Å². The minimum Gasteiger partial charge on any atom is -0.493 e. The Kier molecular flexibility index (Phi) is 6.24. The van der Waals surface area contributed by atoms with Gasteiger partial charge in [-0.25, -0.2) is 13.4 Å². The van der Waals surface area contributed by atoms with E-state index in [0.717, 1.165) is 22.1 Å². The number of benzene rings is 2. The van der Waals surface area contributed by atoms with Gasteiger partial charge in [0.1, 0.15) is 0 Å². The number of methoxy groups -OCH3 is 2. The molecule has 0 fully saturated rings. The van der Waals surface area contributed by atoms with Gasteiger partial charge in [-0.15, -0.1) is 11.3 Å². The van der Waals surface area contributed by atoms with Crippen molar-refractivity contribution in [3.05, 3.63) is 72.4 Å². The fourth-order valence-electron chi connectivity index (χ4n) is 2.93. The number of rotatable bonds is 8. The van der Waals surface area contributed by atoms with E-state index in [1.54, 1.807) is 42.7 Å². The van der Waals surface area contributed by atoms with Crippen LogP contribution < -0.4 is 19.5 Å². The number of anilines is 3. The first-order valence-corrected chi connectivity index (χ1v) is 11.8. The Morgan fingerprint density at radius 1 is 0.875 bits per heavy atom. The van der Waals surface area contributed by atoms with Crippen LogP contribution in [0.3, 0.4) is 0 Å². The molecule has 0 aliphatic rings. The van der Waals surface area contributed by atoms with Gasteiger partial charge < -0.3 is 14.8 Å². The van der Waals surface area contributed by atoms with Crippen molar-refractivity contribution in [2.45, 2.75) is 4.90 Å². The molecule has 2 aromatic heterocycles. The van der Waals surface area contributed by atoms with Gasteiger partial charge in [-0.1, -0.05) is 0 Å². The molecule has 4 aromatic rings. The van der Waals surface area contributed by atoms with Crippen molar-refractivity contribution < 1.29 is 17.9 Å². The maximum absolute atomic E-state index is 12.7. The summed E-state index contributed by atoms with van der Waals surface area (Å²) in [5.41, 5.74) is 3.07. The van der Waals surface area contributed by atoms with E-state index in [0.29, 0.717) is 17.2 Å². The Hall–Kier alpha value is -3.63. The van der Waals surface area contributed by atoms with Crippen LogP contribution in [0.25, 0.3) is 11.3 Å². The van der Waals surface area contributed by atoms with Gasteiger partial charge in [-0.2, -0.15) is 0 Å². The molecule has 2 N–H and O–H groups in total. The van der Waals surface area contributed by atoms with Crippen LogP contribution in [0.5, 0.6) is 11.5 Å². The zero-order valence-corrected chi connectivity index (χ0v) is 18.9. The minimum absolute atomic E-state index is 0.0729. The Morgan fingerprint density at radius 2 is 1.56 bits per heavy atom. The Bertz CT molecular complexity index is 1310. The molecule has 0 bridgehead atoms. The second kappa shape index (κ2) is 9.25. The number of pyridine rings is 1. The number of nitrogens with one attached hydrogen (secondary N) is 2. The smallest absolute Gasteiger partial charge is 0.262 e. The summed E-state index contributed by atoms with van der Waals surface area (Å²) in [6.45, 7) is 0. The lowest BCUT2D eigenvalue weighted by Crippen LogP contribution is -2.13. The highest BCUT2D eigenvalue weighted by atomic mass is 32.2. The molecular formula is C22H20N4O4S2. The Labute approximate surface area is 189 Å². The molecule has 2 heterocycles. The summed E-state index contributed by atoms with van der Waals surface area (Å²) in [4.78, 5) is 8.66. The van der Waals surface area contributed by atoms with Crippen molar-refractivity contribution >= 4 is 37.9 Å². The highest BCUT2D eigenvalue weighted by molar-refractivity contribution is 7.92. The number of ether oxygens (including phenoxy) is 2. The third-order valence-corrected chi connectivity index (χ3v) is 6.67. The molecule has 0 radical (unpaired) electrons. The summed E-state index contributed by atoms with van der Waals surface area (Å²) < 4.78 is 38.4. The van der Waals surface area contributed by atoms with Crippen molar-refractivity contribution in [1.82, 2.24) is 9.97 Å². The predicted molar refractivity (Wildman–Crippen MR) is 125 cm³/mol. The second-order valence-electron chi connectivity index (χ2n) is 6.60. The van der Waals surface area contributed by atoms with E-state index in [-0.39, 0.29) is 4.90 Å². The average Bonchev–Trinajstić information content (AvgIpc) is 3.29. The molecule has 0 spiro atoms. The van der Waals surface area contributed by atoms with E-state index >= 15 is 0 Å². The van der Waals surface area contributed by atoms with Gasteiger partial charge in [0, 0.05) is 40.8 Å². The van der Waals surface area contributed by atoms with E-state index in [9.17, 15) is 8.42 Å². The fourth-order valence-corrected chi connectivity index (χ4v) is 4.74. The zero-order chi connectivity index (χ0) is 22.6. The highest BCUT2D eigenvalue weighted by Crippen LogP contribution is 2.31. The van der Waals surface area contributed by atoms with E-state index < -0.39 is 10.0 Å². The standard InChI is InChI=1S/C22H20N4O4S2/c1-29-20-8-7-18(13-21(20)30-2)32(27,28)26-17-5-3-16(4-6-17)24-22-25-19(14-31-22)15-9-11-23-12-10-15/h3-14,26H,1-2H3,(H,24,25). The molecule has 0 aliphatic heterocycles. The monoisotopic (exact) mass is 468 g/mol. The lowest BCUT2D eigenvalue weighted by molar-refractivity contribution is 0.354. The molecule has 0 aliphatic carbocycles. The number of aromatic nitrogens is 2. The molecule has 4 rings (SSSR count). The van der Waals surface area contributed by atoms with E-state index in [1.165, 1.54) is 37.7 Å². The van der Waals surface area contributed by atoms with E-state index in [1.807, 2.05) is 17.5 Å². The van der Waals surface area contributed by atoms with Gasteiger partial charge in [0.05, 0.1) is 24.8 Å². The summed E-state index contributed by atoms with van der Waals surface area (Å²) >= 11 is 1.48. The summed E-state index contributed by atoms with van der Waals surface area (Å²) in [6.07, 6.45) is 3.45. The Morgan fingerprint density at radius 3 is 2.25 bits per heavy atom. The first-order valence-electron chi connectivity index (χ1n) is 9.46. The predicted octanol–water partition coefficient (Wildman–Crippen LogP) is 4.77. The fraction of sp³-hybridized carbons (Fsp3) is 0.0909. The number of hydrogen-bond acceptors (Lipinski definition) is 8. The van der Waals surface area contributed by atoms with Crippen LogP contribution in [-0.4, -0.2) is 32.6 Å². The maximum atomic E-state index is 12.7. The van der Waals surface area contributed by atoms with Gasteiger partial charge >= 0.3 is 0 Å². The average molecular weight is 469 g/mol. The van der Waals surface area contributed by atoms with Crippen molar-refractivity contribution in [1.29, 1.82) is 0 Å². The number of sulfonamides is 1. The molecule has 32 heavy (non-hydrogen) atoms. The molecule has 8 nitrogen and oxygen atoms in total. The number of hydrogen-bond donors (Lipinski definition) is 2. The number of nitrogens with zero attached hydrogens (tertiary/aromatic N) is 2. The van der Waals surface area contributed by atoms with Crippen LogP contribution in [0.2, 0.25) is 0 Å². The summed E-state index contributed by atoms with van der Waals surface area (Å²) in [7, 11) is -0.845. The molecule has 164 valence electrons. The van der Waals surface area contributed by atoms with Crippen LogP contribution in [0.1, 0.15) is 0 Å². The first kappa shape index (κ1) is 21.6. The third kappa shape index (κ3) is 4.82. The van der Waals surface area contributed by atoms with Gasteiger partial charge in [0.15, 0.2) is 16.6 Å². The maximum Gasteiger partial charge on any atom is 0.262 e. The van der Waals surface area contributed by atoms with Gasteiger partial charge in [-0.3, -0.25) is 9.71 Å². The van der Waals surface area contributed by atoms with E-state index in [2.05, 4.69) is 20.0 Å². The molecule has 0 unspecified atom stereocenters. The van der Waals surface area contributed by atoms with Crippen molar-refractivity contribution in [3.8, 4) is 22.8 Å². The quantitative estimate of drug-likeness (QED) is 0.384. The van der Waals surface area contributed by atoms with Gasteiger partial charge in [0.2, 0.25) is 0 Å². The van der Waals surface area contributed by atoms with E-state index in [4.69, 9.17) is 9.47 Å². The molecule has 2 aromatic carbocycles. The van der Waals surface area contributed by atoms with Crippen LogP contribution >= 0.6 is 11.3 Å². The molecule has 0 saturated carbocycles. The third-order valence-electron chi connectivity index (χ3n) is 4.53. The highest BCUT2D eigenvalue weighted by Gasteiger charge is 2.17. The lowest BCUT2D eigenvalue weighted by Gasteiger charge is -2.12. The van der Waals surface area contributed by atoms with Crippen molar-refractivity contribution in [2.24, 2.45) is 0 Å². The van der Waals surface area contributed by atoms with Crippen LogP contribution in [-0.2, 0) is 10.0 Å². The lowest BCUT2D eigenvalue weighted by atomic mass is 10.2. The molecular weight excluding hydrogens is 448 g/mol. The van der Waals surface area contributed by atoms with Crippen LogP contribution in [0.4, 0.5) is 16.5 Å². The second-order valence-corrected chi connectivity index (χ2v) is 9.14. The number of thiazole rings is 1. The van der Waals surface area contributed by atoms with Crippen molar-refractivity contribution in [3.63, 3.8) is 0 Å². The SMILES string of the molecule is COc1ccc(S(=O)(=O)Nc2ccc(Nc3nc(-c4ccncc4)cs3)cc2)cc1OC. The molecule has 10 heteroatoms. The summed E-state index contributed by atoms with van der Waals surface area (Å²) in [5, 5.41) is 5.92. The largest absolute Gasteiger partial charge is 0.493 e. The van der Waals surface area contributed by atoms with Crippen LogP contribution in [0.15, 0.2) is 77.3 Å². The minimum atomic E-state index is -3.79. The molecule has 0 atom stereocenters. The van der Waals surface area contributed by atoms with Gasteiger partial charge in [-0.05, 0) is 48.5 Å². The summed E-state index contributed by atoms with van der Waals surface area (Å²) in [6, 6.07) is 15.1. The normalized spacial score (nSPS) is 11.1. The zero-order valence-electron chi connectivity index (χ0n) is 17.3. The first-order chi connectivity index (χ1) is 15.5. The molecule has 0 saturated heterocycles. The van der Waals surface area contributed by atoms with Crippen molar-refractivity contribution in [2.75, 3.05) is 24.3 Å². The topological polar surface area (TPSA) is 102 Å². The van der Waals surface area contributed by atoms with Crippen LogP contribution in [0, 0.1) is 0 Å². The summed E-state index contributed by atoms with van der Waals surface area (Å²) in [5.74, 6) is 0.792. The Balaban J connectivity index is 1.45. The molecule has 0 amide bonds.